The van der Waals surface area contributed by atoms with E-state index in [1.807, 2.05) is 78.2 Å². The number of rotatable bonds is 8. The van der Waals surface area contributed by atoms with Crippen LogP contribution in [0, 0.1) is 0 Å². The Bertz CT molecular complexity index is 1160. The van der Waals surface area contributed by atoms with E-state index >= 15 is 0 Å². The molecule has 0 saturated heterocycles. The van der Waals surface area contributed by atoms with Crippen molar-refractivity contribution in [2.24, 2.45) is 0 Å². The normalized spacial score (nSPS) is 10.8. The van der Waals surface area contributed by atoms with Gasteiger partial charge in [0.1, 0.15) is 11.5 Å². The van der Waals surface area contributed by atoms with E-state index < -0.39 is 0 Å². The van der Waals surface area contributed by atoms with E-state index in [2.05, 4.69) is 16.3 Å². The van der Waals surface area contributed by atoms with E-state index in [9.17, 15) is 0 Å². The minimum atomic E-state index is 0.626. The highest BCUT2D eigenvalue weighted by Gasteiger charge is 2.17. The molecular formula is C24H22ClN3O2S. The van der Waals surface area contributed by atoms with Crippen molar-refractivity contribution in [1.29, 1.82) is 0 Å². The Morgan fingerprint density at radius 1 is 0.935 bits per heavy atom. The molecule has 0 spiro atoms. The zero-order chi connectivity index (χ0) is 21.6. The summed E-state index contributed by atoms with van der Waals surface area (Å²) >= 11 is 7.85. The lowest BCUT2D eigenvalue weighted by Gasteiger charge is -2.12. The smallest absolute Gasteiger partial charge is 0.196 e. The van der Waals surface area contributed by atoms with Crippen LogP contribution in [-0.4, -0.2) is 28.5 Å². The van der Waals surface area contributed by atoms with Crippen LogP contribution in [0.25, 0.3) is 17.1 Å². The number of ether oxygens (including phenoxy) is 2. The molecule has 3 aromatic carbocycles. The molecule has 4 aromatic rings. The number of methoxy groups -OCH3 is 1. The Morgan fingerprint density at radius 3 is 2.48 bits per heavy atom. The first-order valence-corrected chi connectivity index (χ1v) is 11.2. The lowest BCUT2D eigenvalue weighted by molar-refractivity contribution is 0.340. The minimum Gasteiger partial charge on any atom is -0.497 e. The third-order valence-electron chi connectivity index (χ3n) is 4.62. The Hall–Kier alpha value is -2.96. The van der Waals surface area contributed by atoms with Crippen LogP contribution in [0.3, 0.4) is 0 Å². The average molecular weight is 452 g/mol. The molecule has 7 heteroatoms. The van der Waals surface area contributed by atoms with E-state index in [0.717, 1.165) is 45.0 Å². The van der Waals surface area contributed by atoms with Gasteiger partial charge in [0.25, 0.3) is 0 Å². The molecule has 5 nitrogen and oxygen atoms in total. The summed E-state index contributed by atoms with van der Waals surface area (Å²) in [7, 11) is 1.67. The van der Waals surface area contributed by atoms with Gasteiger partial charge in [0.05, 0.1) is 13.7 Å². The minimum absolute atomic E-state index is 0.626. The summed E-state index contributed by atoms with van der Waals surface area (Å²) in [5, 5.41) is 10.4. The Morgan fingerprint density at radius 2 is 1.74 bits per heavy atom. The molecule has 0 aliphatic heterocycles. The average Bonchev–Trinajstić information content (AvgIpc) is 3.22. The van der Waals surface area contributed by atoms with Gasteiger partial charge >= 0.3 is 0 Å². The van der Waals surface area contributed by atoms with E-state index in [4.69, 9.17) is 21.1 Å². The Balaban J connectivity index is 1.70. The van der Waals surface area contributed by atoms with Crippen LogP contribution in [0.2, 0.25) is 5.02 Å². The first-order valence-electron chi connectivity index (χ1n) is 9.88. The van der Waals surface area contributed by atoms with Gasteiger partial charge in [0, 0.05) is 22.0 Å². The fraction of sp³-hybridized carbons (Fsp3) is 0.167. The van der Waals surface area contributed by atoms with Crippen LogP contribution in [0.5, 0.6) is 11.5 Å². The molecule has 0 N–H and O–H groups in total. The molecule has 0 fully saturated rings. The van der Waals surface area contributed by atoms with Gasteiger partial charge in [0.15, 0.2) is 11.0 Å². The van der Waals surface area contributed by atoms with Crippen molar-refractivity contribution in [2.75, 3.05) is 13.7 Å². The quantitative estimate of drug-likeness (QED) is 0.295. The number of benzene rings is 3. The molecule has 0 amide bonds. The molecule has 4 rings (SSSR count). The van der Waals surface area contributed by atoms with Crippen molar-refractivity contribution in [2.45, 2.75) is 17.8 Å². The van der Waals surface area contributed by atoms with Crippen molar-refractivity contribution in [1.82, 2.24) is 14.8 Å². The number of aromatic nitrogens is 3. The van der Waals surface area contributed by atoms with Gasteiger partial charge in [-0.15, -0.1) is 10.2 Å². The van der Waals surface area contributed by atoms with Crippen molar-refractivity contribution in [3.8, 4) is 28.6 Å². The highest BCUT2D eigenvalue weighted by atomic mass is 35.5. The fourth-order valence-corrected chi connectivity index (χ4v) is 4.26. The largest absolute Gasteiger partial charge is 0.497 e. The molecule has 0 atom stereocenters. The van der Waals surface area contributed by atoms with Crippen LogP contribution in [0.4, 0.5) is 0 Å². The number of hydrogen-bond donors (Lipinski definition) is 0. The highest BCUT2D eigenvalue weighted by molar-refractivity contribution is 7.98. The molecular weight excluding hydrogens is 430 g/mol. The molecule has 0 bridgehead atoms. The molecule has 1 heterocycles. The molecule has 0 saturated carbocycles. The van der Waals surface area contributed by atoms with Crippen LogP contribution < -0.4 is 9.47 Å². The number of halogens is 1. The third kappa shape index (κ3) is 5.03. The van der Waals surface area contributed by atoms with E-state index in [0.29, 0.717) is 11.6 Å². The van der Waals surface area contributed by atoms with Gasteiger partial charge in [-0.05, 0) is 61.0 Å². The van der Waals surface area contributed by atoms with Gasteiger partial charge < -0.3 is 9.47 Å². The summed E-state index contributed by atoms with van der Waals surface area (Å²) in [6, 6.07) is 23.6. The molecule has 0 aliphatic rings. The second-order valence-corrected chi connectivity index (χ2v) is 8.10. The maximum Gasteiger partial charge on any atom is 0.196 e. The topological polar surface area (TPSA) is 49.2 Å². The van der Waals surface area contributed by atoms with Crippen molar-refractivity contribution in [3.05, 3.63) is 83.4 Å². The van der Waals surface area contributed by atoms with Gasteiger partial charge in [-0.3, -0.25) is 4.57 Å². The van der Waals surface area contributed by atoms with Gasteiger partial charge in [-0.1, -0.05) is 47.6 Å². The number of thioether (sulfide) groups is 1. The van der Waals surface area contributed by atoms with E-state index in [1.54, 1.807) is 18.9 Å². The first kappa shape index (κ1) is 21.3. The summed E-state index contributed by atoms with van der Waals surface area (Å²) in [6.45, 7) is 2.60. The monoisotopic (exact) mass is 451 g/mol. The maximum atomic E-state index is 6.23. The van der Waals surface area contributed by atoms with E-state index in [-0.39, 0.29) is 0 Å². The van der Waals surface area contributed by atoms with Crippen LogP contribution in [-0.2, 0) is 5.75 Å². The predicted molar refractivity (Wildman–Crippen MR) is 126 cm³/mol. The molecule has 1 aromatic heterocycles. The zero-order valence-electron chi connectivity index (χ0n) is 17.3. The van der Waals surface area contributed by atoms with Crippen LogP contribution >= 0.6 is 23.4 Å². The SMILES string of the molecule is CCOc1ccc(-n2c(SCc3cccc(OC)c3)nnc2-c2cccc(Cl)c2)cc1. The van der Waals surface area contributed by atoms with Gasteiger partial charge in [-0.25, -0.2) is 0 Å². The summed E-state index contributed by atoms with van der Waals surface area (Å²) in [5.74, 6) is 3.14. The van der Waals surface area contributed by atoms with Crippen molar-refractivity contribution < 1.29 is 9.47 Å². The Kier molecular flexibility index (Phi) is 6.79. The standard InChI is InChI=1S/C24H22ClN3O2S/c1-3-30-21-12-10-20(11-13-21)28-23(18-7-5-8-19(25)15-18)26-27-24(28)31-16-17-6-4-9-22(14-17)29-2/h4-15H,3,16H2,1-2H3. The third-order valence-corrected chi connectivity index (χ3v) is 5.86. The van der Waals surface area contributed by atoms with E-state index in [1.165, 1.54) is 0 Å². The summed E-state index contributed by atoms with van der Waals surface area (Å²) < 4.78 is 13.0. The van der Waals surface area contributed by atoms with Crippen LogP contribution in [0.15, 0.2) is 78.0 Å². The second-order valence-electron chi connectivity index (χ2n) is 6.72. The number of hydrogen-bond acceptors (Lipinski definition) is 5. The van der Waals surface area contributed by atoms with Crippen LogP contribution in [0.1, 0.15) is 12.5 Å². The molecule has 0 unspecified atom stereocenters. The molecule has 0 radical (unpaired) electrons. The highest BCUT2D eigenvalue weighted by Crippen LogP contribution is 2.31. The van der Waals surface area contributed by atoms with Gasteiger partial charge in [0.2, 0.25) is 0 Å². The lowest BCUT2D eigenvalue weighted by atomic mass is 10.2. The summed E-state index contributed by atoms with van der Waals surface area (Å²) in [4.78, 5) is 0. The lowest BCUT2D eigenvalue weighted by Crippen LogP contribution is -2.00. The summed E-state index contributed by atoms with van der Waals surface area (Å²) in [5.41, 5.74) is 3.01. The number of nitrogens with zero attached hydrogens (tertiary/aromatic N) is 3. The van der Waals surface area contributed by atoms with Crippen molar-refractivity contribution in [3.63, 3.8) is 0 Å². The maximum absolute atomic E-state index is 6.23. The summed E-state index contributed by atoms with van der Waals surface area (Å²) in [6.07, 6.45) is 0. The second kappa shape index (κ2) is 9.90. The zero-order valence-corrected chi connectivity index (χ0v) is 18.9. The first-order chi connectivity index (χ1) is 15.2. The fourth-order valence-electron chi connectivity index (χ4n) is 3.18. The van der Waals surface area contributed by atoms with Gasteiger partial charge in [-0.2, -0.15) is 0 Å². The Labute approximate surface area is 191 Å². The predicted octanol–water partition coefficient (Wildman–Crippen LogP) is 6.29. The molecule has 0 aliphatic carbocycles. The molecule has 158 valence electrons. The molecule has 31 heavy (non-hydrogen) atoms. The van der Waals surface area contributed by atoms with Crippen molar-refractivity contribution >= 4 is 23.4 Å².